The van der Waals surface area contributed by atoms with Crippen molar-refractivity contribution < 1.29 is 18.8 Å². The average Bonchev–Trinajstić information content (AvgIpc) is 3.48. The second-order valence-corrected chi connectivity index (χ2v) is 9.30. The molecule has 3 amide bonds. The van der Waals surface area contributed by atoms with Crippen LogP contribution < -0.4 is 5.32 Å². The number of halogens is 1. The minimum atomic E-state index is -0.493. The number of benzene rings is 1. The van der Waals surface area contributed by atoms with Crippen molar-refractivity contribution in [3.8, 4) is 9.88 Å². The Balaban J connectivity index is 1.29. The molecule has 0 aliphatic carbocycles. The summed E-state index contributed by atoms with van der Waals surface area (Å²) in [4.78, 5) is 43.6. The van der Waals surface area contributed by atoms with Gasteiger partial charge in [-0.15, -0.1) is 22.7 Å². The van der Waals surface area contributed by atoms with Crippen molar-refractivity contribution in [3.05, 3.63) is 69.1 Å². The standard InChI is InChI=1S/C21H16FN3O3S3/c22-15-5-2-1-4-13(15)10-17-20(27)25(21(28)31-17)8-7-23-18(26)11-14-12-30-19(24-14)16-6-3-9-29-16/h1-6,9-10,12H,7-8,11H2,(H,23,26)/b17-10-. The number of hydrogen-bond acceptors (Lipinski definition) is 7. The first-order chi connectivity index (χ1) is 15.0. The van der Waals surface area contributed by atoms with Crippen molar-refractivity contribution in [3.63, 3.8) is 0 Å². The molecule has 1 aromatic carbocycles. The molecule has 10 heteroatoms. The van der Waals surface area contributed by atoms with Crippen LogP contribution in [-0.4, -0.2) is 40.0 Å². The van der Waals surface area contributed by atoms with Crippen LogP contribution in [0.5, 0.6) is 0 Å². The number of aromatic nitrogens is 1. The lowest BCUT2D eigenvalue weighted by Gasteiger charge is -2.12. The van der Waals surface area contributed by atoms with E-state index in [-0.39, 0.29) is 35.9 Å². The summed E-state index contributed by atoms with van der Waals surface area (Å²) in [7, 11) is 0. The predicted molar refractivity (Wildman–Crippen MR) is 121 cm³/mol. The molecule has 2 aromatic heterocycles. The number of nitrogens with one attached hydrogen (secondary N) is 1. The van der Waals surface area contributed by atoms with Gasteiger partial charge in [-0.25, -0.2) is 9.37 Å². The highest BCUT2D eigenvalue weighted by molar-refractivity contribution is 8.18. The summed E-state index contributed by atoms with van der Waals surface area (Å²) < 4.78 is 13.8. The monoisotopic (exact) mass is 473 g/mol. The lowest BCUT2D eigenvalue weighted by molar-refractivity contribution is -0.124. The van der Waals surface area contributed by atoms with E-state index in [1.165, 1.54) is 29.5 Å². The van der Waals surface area contributed by atoms with E-state index in [2.05, 4.69) is 10.3 Å². The lowest BCUT2D eigenvalue weighted by Crippen LogP contribution is -2.37. The summed E-state index contributed by atoms with van der Waals surface area (Å²) in [6.45, 7) is 0.175. The number of rotatable bonds is 7. The number of carbonyl (C=O) groups excluding carboxylic acids is 3. The number of thiophene rings is 1. The van der Waals surface area contributed by atoms with Gasteiger partial charge in [0.15, 0.2) is 0 Å². The minimum absolute atomic E-state index is 0.0442. The molecular weight excluding hydrogens is 457 g/mol. The molecule has 0 atom stereocenters. The fraction of sp³-hybridized carbons (Fsp3) is 0.143. The van der Waals surface area contributed by atoms with E-state index in [1.54, 1.807) is 23.5 Å². The van der Waals surface area contributed by atoms with E-state index in [9.17, 15) is 18.8 Å². The summed E-state index contributed by atoms with van der Waals surface area (Å²) >= 11 is 3.83. The van der Waals surface area contributed by atoms with Gasteiger partial charge in [-0.2, -0.15) is 0 Å². The first kappa shape index (κ1) is 21.4. The van der Waals surface area contributed by atoms with Gasteiger partial charge in [0.1, 0.15) is 10.8 Å². The van der Waals surface area contributed by atoms with Crippen LogP contribution in [0.25, 0.3) is 16.0 Å². The first-order valence-corrected chi connectivity index (χ1v) is 11.8. The number of thiazole rings is 1. The van der Waals surface area contributed by atoms with Crippen molar-refractivity contribution in [2.45, 2.75) is 6.42 Å². The van der Waals surface area contributed by atoms with Crippen LogP contribution in [0.4, 0.5) is 9.18 Å². The number of imide groups is 1. The van der Waals surface area contributed by atoms with Gasteiger partial charge in [0.2, 0.25) is 5.91 Å². The quantitative estimate of drug-likeness (QED) is 0.515. The van der Waals surface area contributed by atoms with E-state index in [1.807, 2.05) is 22.9 Å². The third-order valence-corrected chi connectivity index (χ3v) is 7.19. The van der Waals surface area contributed by atoms with E-state index >= 15 is 0 Å². The van der Waals surface area contributed by atoms with E-state index < -0.39 is 17.0 Å². The van der Waals surface area contributed by atoms with Gasteiger partial charge in [-0.05, 0) is 35.4 Å². The Labute approximate surface area is 189 Å². The van der Waals surface area contributed by atoms with Gasteiger partial charge in [-0.3, -0.25) is 19.3 Å². The zero-order valence-electron chi connectivity index (χ0n) is 16.0. The lowest BCUT2D eigenvalue weighted by atomic mass is 10.2. The van der Waals surface area contributed by atoms with E-state index in [0.29, 0.717) is 5.69 Å². The molecule has 0 bridgehead atoms. The highest BCUT2D eigenvalue weighted by atomic mass is 32.2. The Morgan fingerprint density at radius 3 is 2.77 bits per heavy atom. The van der Waals surface area contributed by atoms with Crippen LogP contribution in [-0.2, 0) is 16.0 Å². The fourth-order valence-corrected chi connectivity index (χ4v) is 5.35. The largest absolute Gasteiger partial charge is 0.354 e. The second-order valence-electron chi connectivity index (χ2n) is 6.50. The Bertz CT molecular complexity index is 1160. The molecule has 6 nitrogen and oxygen atoms in total. The number of carbonyl (C=O) groups is 3. The molecule has 0 unspecified atom stereocenters. The molecule has 1 aliphatic heterocycles. The Morgan fingerprint density at radius 1 is 1.16 bits per heavy atom. The molecule has 1 aliphatic rings. The van der Waals surface area contributed by atoms with Crippen LogP contribution in [0.3, 0.4) is 0 Å². The third-order valence-electron chi connectivity index (χ3n) is 4.35. The molecule has 1 saturated heterocycles. The number of hydrogen-bond donors (Lipinski definition) is 1. The van der Waals surface area contributed by atoms with Gasteiger partial charge in [-0.1, -0.05) is 24.3 Å². The topological polar surface area (TPSA) is 79.4 Å². The highest BCUT2D eigenvalue weighted by Gasteiger charge is 2.34. The SMILES string of the molecule is O=C(Cc1csc(-c2cccs2)n1)NCCN1C(=O)S/C(=C\c2ccccc2F)C1=O. The van der Waals surface area contributed by atoms with Crippen molar-refractivity contribution in [2.75, 3.05) is 13.1 Å². The normalized spacial score (nSPS) is 15.1. The molecular formula is C21H16FN3O3S3. The Hall–Kier alpha value is -2.82. The van der Waals surface area contributed by atoms with Crippen molar-refractivity contribution in [1.29, 1.82) is 0 Å². The Morgan fingerprint density at radius 2 is 2.00 bits per heavy atom. The zero-order valence-corrected chi connectivity index (χ0v) is 18.5. The molecule has 0 spiro atoms. The van der Waals surface area contributed by atoms with Gasteiger partial charge in [0, 0.05) is 24.0 Å². The summed E-state index contributed by atoms with van der Waals surface area (Å²) in [6.07, 6.45) is 1.49. The van der Waals surface area contributed by atoms with Crippen LogP contribution in [0.1, 0.15) is 11.3 Å². The summed E-state index contributed by atoms with van der Waals surface area (Å²) in [6, 6.07) is 9.95. The first-order valence-electron chi connectivity index (χ1n) is 9.26. The molecule has 158 valence electrons. The summed E-state index contributed by atoms with van der Waals surface area (Å²) in [5, 5.41) is 6.96. The number of amides is 3. The smallest absolute Gasteiger partial charge is 0.293 e. The number of thioether (sulfide) groups is 1. The van der Waals surface area contributed by atoms with Crippen LogP contribution in [0, 0.1) is 5.82 Å². The van der Waals surface area contributed by atoms with Crippen molar-refractivity contribution >= 4 is 57.6 Å². The molecule has 31 heavy (non-hydrogen) atoms. The summed E-state index contributed by atoms with van der Waals surface area (Å²) in [5.74, 6) is -1.20. The highest BCUT2D eigenvalue weighted by Crippen LogP contribution is 2.32. The van der Waals surface area contributed by atoms with Gasteiger partial charge in [0.25, 0.3) is 11.1 Å². The van der Waals surface area contributed by atoms with E-state index in [0.717, 1.165) is 26.5 Å². The fourth-order valence-electron chi connectivity index (χ4n) is 2.86. The van der Waals surface area contributed by atoms with Crippen LogP contribution in [0.15, 0.2) is 52.1 Å². The maximum atomic E-state index is 13.8. The Kier molecular flexibility index (Phi) is 6.59. The molecule has 1 N–H and O–H groups in total. The van der Waals surface area contributed by atoms with Crippen LogP contribution >= 0.6 is 34.4 Å². The zero-order chi connectivity index (χ0) is 21.8. The molecule has 3 aromatic rings. The van der Waals surface area contributed by atoms with Gasteiger partial charge in [0.05, 0.1) is 21.9 Å². The van der Waals surface area contributed by atoms with Crippen LogP contribution in [0.2, 0.25) is 0 Å². The predicted octanol–water partition coefficient (Wildman–Crippen LogP) is 4.41. The maximum absolute atomic E-state index is 13.8. The van der Waals surface area contributed by atoms with Crippen molar-refractivity contribution in [1.82, 2.24) is 15.2 Å². The number of nitrogens with zero attached hydrogens (tertiary/aromatic N) is 2. The molecule has 1 fully saturated rings. The molecule has 4 rings (SSSR count). The van der Waals surface area contributed by atoms with Crippen molar-refractivity contribution in [2.24, 2.45) is 0 Å². The van der Waals surface area contributed by atoms with E-state index in [4.69, 9.17) is 0 Å². The molecule has 0 radical (unpaired) electrons. The van der Waals surface area contributed by atoms with Gasteiger partial charge < -0.3 is 5.32 Å². The minimum Gasteiger partial charge on any atom is -0.354 e. The summed E-state index contributed by atoms with van der Waals surface area (Å²) in [5.41, 5.74) is 0.913. The molecule has 0 saturated carbocycles. The van der Waals surface area contributed by atoms with Gasteiger partial charge >= 0.3 is 0 Å². The maximum Gasteiger partial charge on any atom is 0.293 e. The second kappa shape index (κ2) is 9.54. The molecule has 3 heterocycles. The average molecular weight is 474 g/mol. The third kappa shape index (κ3) is 5.09.